The summed E-state index contributed by atoms with van der Waals surface area (Å²) in [6.45, 7) is 4.83. The summed E-state index contributed by atoms with van der Waals surface area (Å²) in [6, 6.07) is 0. The van der Waals surface area contributed by atoms with E-state index < -0.39 is 29.5 Å². The first kappa shape index (κ1) is 15.1. The molecule has 1 saturated carbocycles. The Morgan fingerprint density at radius 3 is 2.11 bits per heavy atom. The lowest BCUT2D eigenvalue weighted by Gasteiger charge is -2.46. The molecular formula is C11H18F3NO3. The highest BCUT2D eigenvalue weighted by atomic mass is 19.4. The van der Waals surface area contributed by atoms with E-state index in [4.69, 9.17) is 4.74 Å². The number of amides is 1. The number of alkyl halides is 3. The second-order valence-electron chi connectivity index (χ2n) is 5.58. The summed E-state index contributed by atoms with van der Waals surface area (Å²) >= 11 is 0. The van der Waals surface area contributed by atoms with E-state index in [9.17, 15) is 23.1 Å². The quantitative estimate of drug-likeness (QED) is 0.809. The Bertz CT molecular complexity index is 318. The van der Waals surface area contributed by atoms with Crippen molar-refractivity contribution in [3.8, 4) is 0 Å². The third kappa shape index (κ3) is 3.51. The smallest absolute Gasteiger partial charge is 0.416 e. The Morgan fingerprint density at radius 2 is 1.83 bits per heavy atom. The Morgan fingerprint density at radius 1 is 1.33 bits per heavy atom. The number of hydrogen-bond donors (Lipinski definition) is 2. The predicted octanol–water partition coefficient (Wildman–Crippen LogP) is 2.36. The molecule has 1 rings (SSSR count). The van der Waals surface area contributed by atoms with Gasteiger partial charge in [0, 0.05) is 0 Å². The van der Waals surface area contributed by atoms with Gasteiger partial charge in [0.05, 0.1) is 5.54 Å². The number of aliphatic hydroxyl groups is 1. The van der Waals surface area contributed by atoms with Crippen molar-refractivity contribution in [1.29, 1.82) is 0 Å². The number of ether oxygens (including phenoxy) is 1. The first-order valence-electron chi connectivity index (χ1n) is 5.72. The lowest BCUT2D eigenvalue weighted by Crippen LogP contribution is -2.65. The van der Waals surface area contributed by atoms with Gasteiger partial charge in [-0.3, -0.25) is 0 Å². The molecule has 2 N–H and O–H groups in total. The summed E-state index contributed by atoms with van der Waals surface area (Å²) in [5.41, 5.74) is -2.43. The average Bonchev–Trinajstić information content (AvgIpc) is 2.05. The molecule has 0 bridgehead atoms. The van der Waals surface area contributed by atoms with Crippen LogP contribution in [0.25, 0.3) is 0 Å². The summed E-state index contributed by atoms with van der Waals surface area (Å²) in [4.78, 5) is 11.5. The fourth-order valence-electron chi connectivity index (χ4n) is 1.84. The number of hydrogen-bond acceptors (Lipinski definition) is 3. The van der Waals surface area contributed by atoms with Crippen LogP contribution in [0.15, 0.2) is 0 Å². The van der Waals surface area contributed by atoms with Gasteiger partial charge in [-0.1, -0.05) is 0 Å². The fourth-order valence-corrected chi connectivity index (χ4v) is 1.84. The normalized spacial score (nSPS) is 20.8. The van der Waals surface area contributed by atoms with Gasteiger partial charge in [-0.25, -0.2) is 4.79 Å². The fraction of sp³-hybridized carbons (Fsp3) is 0.909. The molecule has 106 valence electrons. The summed E-state index contributed by atoms with van der Waals surface area (Å²) < 4.78 is 42.4. The van der Waals surface area contributed by atoms with Crippen LogP contribution in [0, 0.1) is 0 Å². The van der Waals surface area contributed by atoms with Gasteiger partial charge in [-0.15, -0.1) is 0 Å². The molecule has 0 spiro atoms. The van der Waals surface area contributed by atoms with Crippen LogP contribution < -0.4 is 5.32 Å². The molecule has 0 saturated heterocycles. The molecule has 1 fully saturated rings. The molecule has 18 heavy (non-hydrogen) atoms. The van der Waals surface area contributed by atoms with Crippen LogP contribution in [0.2, 0.25) is 0 Å². The molecule has 0 unspecified atom stereocenters. The maximum Gasteiger partial charge on any atom is 0.416 e. The number of carbonyl (C=O) groups excluding carboxylic acids is 1. The minimum absolute atomic E-state index is 0.0902. The van der Waals surface area contributed by atoms with Gasteiger partial charge in [0.2, 0.25) is 0 Å². The summed E-state index contributed by atoms with van der Waals surface area (Å²) in [7, 11) is 0. The molecule has 0 radical (unpaired) electrons. The second kappa shape index (κ2) is 4.60. The van der Waals surface area contributed by atoms with Crippen LogP contribution >= 0.6 is 0 Å². The molecular weight excluding hydrogens is 251 g/mol. The molecule has 0 aliphatic heterocycles. The van der Waals surface area contributed by atoms with Crippen molar-refractivity contribution in [2.45, 2.75) is 63.5 Å². The number of halogens is 3. The van der Waals surface area contributed by atoms with E-state index in [1.807, 2.05) is 0 Å². The van der Waals surface area contributed by atoms with Crippen LogP contribution in [0.3, 0.4) is 0 Å². The first-order chi connectivity index (χ1) is 7.96. The van der Waals surface area contributed by atoms with E-state index in [0.29, 0.717) is 6.42 Å². The van der Waals surface area contributed by atoms with Crippen molar-refractivity contribution in [3.05, 3.63) is 0 Å². The van der Waals surface area contributed by atoms with Crippen molar-refractivity contribution in [2.75, 3.05) is 0 Å². The molecule has 1 aliphatic carbocycles. The topological polar surface area (TPSA) is 58.6 Å². The van der Waals surface area contributed by atoms with Gasteiger partial charge in [0.1, 0.15) is 5.60 Å². The van der Waals surface area contributed by atoms with Crippen molar-refractivity contribution in [1.82, 2.24) is 5.32 Å². The summed E-state index contributed by atoms with van der Waals surface area (Å²) in [5, 5.41) is 11.5. The molecule has 1 aliphatic rings. The lowest BCUT2D eigenvalue weighted by atomic mass is 9.72. The molecule has 0 heterocycles. The highest BCUT2D eigenvalue weighted by Gasteiger charge is 2.56. The number of carbonyl (C=O) groups is 1. The third-order valence-corrected chi connectivity index (χ3v) is 2.83. The van der Waals surface area contributed by atoms with Gasteiger partial charge in [0.15, 0.2) is 6.10 Å². The van der Waals surface area contributed by atoms with Crippen molar-refractivity contribution in [3.63, 3.8) is 0 Å². The minimum Gasteiger partial charge on any atom is -0.444 e. The Labute approximate surface area is 103 Å². The largest absolute Gasteiger partial charge is 0.444 e. The van der Waals surface area contributed by atoms with Gasteiger partial charge in [-0.05, 0) is 40.0 Å². The molecule has 0 aromatic carbocycles. The van der Waals surface area contributed by atoms with Crippen molar-refractivity contribution < 1.29 is 27.8 Å². The van der Waals surface area contributed by atoms with E-state index in [0.717, 1.165) is 0 Å². The van der Waals surface area contributed by atoms with Gasteiger partial charge >= 0.3 is 12.3 Å². The van der Waals surface area contributed by atoms with Gasteiger partial charge < -0.3 is 15.2 Å². The molecule has 0 aromatic rings. The Balaban J connectivity index is 2.70. The van der Waals surface area contributed by atoms with Crippen molar-refractivity contribution in [2.24, 2.45) is 0 Å². The monoisotopic (exact) mass is 269 g/mol. The molecule has 0 aromatic heterocycles. The molecule has 4 nitrogen and oxygen atoms in total. The van der Waals surface area contributed by atoms with E-state index >= 15 is 0 Å². The lowest BCUT2D eigenvalue weighted by molar-refractivity contribution is -0.235. The van der Waals surface area contributed by atoms with E-state index in [1.165, 1.54) is 0 Å². The van der Waals surface area contributed by atoms with Crippen LogP contribution in [0.1, 0.15) is 40.0 Å². The number of nitrogens with one attached hydrogen (secondary N) is 1. The number of alkyl carbamates (subject to hydrolysis) is 1. The maximum absolute atomic E-state index is 12.5. The van der Waals surface area contributed by atoms with Crippen LogP contribution in [0.5, 0.6) is 0 Å². The number of rotatable bonds is 2. The SMILES string of the molecule is CC(C)(C)OC(=O)NC1([C@H](O)C(F)(F)F)CCC1. The Kier molecular flexibility index (Phi) is 3.86. The average molecular weight is 269 g/mol. The van der Waals surface area contributed by atoms with Crippen LogP contribution in [-0.4, -0.2) is 34.6 Å². The first-order valence-corrected chi connectivity index (χ1v) is 5.72. The van der Waals surface area contributed by atoms with E-state index in [2.05, 4.69) is 5.32 Å². The minimum atomic E-state index is -4.75. The highest BCUT2D eigenvalue weighted by molar-refractivity contribution is 5.69. The van der Waals surface area contributed by atoms with E-state index in [-0.39, 0.29) is 12.8 Å². The van der Waals surface area contributed by atoms with Crippen molar-refractivity contribution >= 4 is 6.09 Å². The standard InChI is InChI=1S/C11H18F3NO3/c1-9(2,3)18-8(17)15-10(5-4-6-10)7(16)11(12,13)14/h7,16H,4-6H2,1-3H3,(H,15,17)/t7-/m0/s1. The van der Waals surface area contributed by atoms with Gasteiger partial charge in [0.25, 0.3) is 0 Å². The number of aliphatic hydroxyl groups excluding tert-OH is 1. The predicted molar refractivity (Wildman–Crippen MR) is 58.0 cm³/mol. The van der Waals surface area contributed by atoms with Crippen LogP contribution in [-0.2, 0) is 4.74 Å². The summed E-state index contributed by atoms with van der Waals surface area (Å²) in [5.74, 6) is 0. The molecule has 1 amide bonds. The van der Waals surface area contributed by atoms with Crippen LogP contribution in [0.4, 0.5) is 18.0 Å². The second-order valence-corrected chi connectivity index (χ2v) is 5.58. The third-order valence-electron chi connectivity index (χ3n) is 2.83. The van der Waals surface area contributed by atoms with Gasteiger partial charge in [-0.2, -0.15) is 13.2 Å². The zero-order valence-corrected chi connectivity index (χ0v) is 10.6. The zero-order chi connectivity index (χ0) is 14.2. The summed E-state index contributed by atoms with van der Waals surface area (Å²) in [6.07, 6.45) is -7.55. The molecule has 1 atom stereocenters. The van der Waals surface area contributed by atoms with E-state index in [1.54, 1.807) is 20.8 Å². The highest BCUT2D eigenvalue weighted by Crippen LogP contribution is 2.41. The maximum atomic E-state index is 12.5. The molecule has 7 heteroatoms. The Hall–Kier alpha value is -0.980. The zero-order valence-electron chi connectivity index (χ0n) is 10.6.